The molecule has 1 aliphatic heterocycles. The molecule has 6 rings (SSSR count). The highest BCUT2D eigenvalue weighted by Crippen LogP contribution is 2.29. The molecule has 4 aromatic carbocycles. The van der Waals surface area contributed by atoms with Crippen molar-refractivity contribution in [2.45, 2.75) is 31.6 Å². The number of piperidine rings is 1. The number of likely N-dealkylation sites (tertiary alicyclic amines) is 1. The SMILES string of the molecule is O=C(Nc1ccccc1-c1ccccc1)OC1CCN(CCNC(=O)c2ccc(CNC[C@@H](O)c3ccc(O)c4[nH]c(=O)ccc34)cc2)CC1. The number of nitrogens with zero attached hydrogens (tertiary/aromatic N) is 1. The number of anilines is 1. The molecule has 1 saturated heterocycles. The molecule has 6 N–H and O–H groups in total. The number of nitrogens with one attached hydrogen (secondary N) is 4. The number of amides is 2. The van der Waals surface area contributed by atoms with Crippen LogP contribution in [0.2, 0.25) is 0 Å². The lowest BCUT2D eigenvalue weighted by Crippen LogP contribution is -2.42. The maximum atomic E-state index is 12.8. The van der Waals surface area contributed by atoms with Gasteiger partial charge in [-0.15, -0.1) is 0 Å². The third-order valence-electron chi connectivity index (χ3n) is 8.92. The van der Waals surface area contributed by atoms with Crippen LogP contribution in [0.3, 0.4) is 0 Å². The monoisotopic (exact) mass is 675 g/mol. The van der Waals surface area contributed by atoms with Crippen LogP contribution in [0.5, 0.6) is 5.75 Å². The van der Waals surface area contributed by atoms with E-state index >= 15 is 0 Å². The number of carbonyl (C=O) groups is 2. The Labute approximate surface area is 289 Å². The number of para-hydroxylation sites is 1. The van der Waals surface area contributed by atoms with Crippen LogP contribution in [0.4, 0.5) is 10.5 Å². The van der Waals surface area contributed by atoms with Gasteiger partial charge in [0.1, 0.15) is 11.9 Å². The number of phenols is 1. The number of aromatic nitrogens is 1. The van der Waals surface area contributed by atoms with Gasteiger partial charge in [-0.05, 0) is 59.9 Å². The van der Waals surface area contributed by atoms with Crippen LogP contribution < -0.4 is 21.5 Å². The quantitative estimate of drug-likeness (QED) is 0.106. The van der Waals surface area contributed by atoms with Crippen molar-refractivity contribution < 1.29 is 24.5 Å². The summed E-state index contributed by atoms with van der Waals surface area (Å²) in [6, 6.07) is 30.9. The molecule has 2 amide bonds. The van der Waals surface area contributed by atoms with Gasteiger partial charge in [0.15, 0.2) is 0 Å². The van der Waals surface area contributed by atoms with Crippen LogP contribution in [0.15, 0.2) is 108 Å². The van der Waals surface area contributed by atoms with E-state index < -0.39 is 12.2 Å². The van der Waals surface area contributed by atoms with Crippen LogP contribution in [0.25, 0.3) is 22.0 Å². The maximum absolute atomic E-state index is 12.8. The number of fused-ring (bicyclic) bond motifs is 1. The van der Waals surface area contributed by atoms with E-state index in [0.29, 0.717) is 47.4 Å². The molecule has 2 heterocycles. The molecule has 5 aromatic rings. The second-order valence-corrected chi connectivity index (χ2v) is 12.4. The predicted octanol–water partition coefficient (Wildman–Crippen LogP) is 5.17. The Kier molecular flexibility index (Phi) is 11.2. The molecule has 0 spiro atoms. The van der Waals surface area contributed by atoms with Gasteiger partial charge >= 0.3 is 6.09 Å². The number of aliphatic hydroxyl groups is 1. The summed E-state index contributed by atoms with van der Waals surface area (Å²) < 4.78 is 5.74. The smallest absolute Gasteiger partial charge is 0.411 e. The van der Waals surface area contributed by atoms with E-state index in [9.17, 15) is 24.6 Å². The van der Waals surface area contributed by atoms with Crippen molar-refractivity contribution in [3.8, 4) is 16.9 Å². The Bertz CT molecular complexity index is 1970. The number of rotatable bonds is 12. The number of benzene rings is 4. The summed E-state index contributed by atoms with van der Waals surface area (Å²) >= 11 is 0. The molecule has 0 saturated carbocycles. The van der Waals surface area contributed by atoms with Gasteiger partial charge in [-0.1, -0.05) is 66.7 Å². The molecule has 0 unspecified atom stereocenters. The number of hydrogen-bond donors (Lipinski definition) is 6. The third kappa shape index (κ3) is 8.75. The normalized spacial score (nSPS) is 14.3. The van der Waals surface area contributed by atoms with Gasteiger partial charge < -0.3 is 35.5 Å². The lowest BCUT2D eigenvalue weighted by atomic mass is 10.0. The highest BCUT2D eigenvalue weighted by Gasteiger charge is 2.23. The number of aromatic amines is 1. The molecule has 258 valence electrons. The van der Waals surface area contributed by atoms with E-state index in [0.717, 1.165) is 42.6 Å². The minimum atomic E-state index is -0.861. The average Bonchev–Trinajstić information content (AvgIpc) is 3.13. The summed E-state index contributed by atoms with van der Waals surface area (Å²) in [6.07, 6.45) is -0.0390. The van der Waals surface area contributed by atoms with Gasteiger partial charge in [-0.25, -0.2) is 4.79 Å². The van der Waals surface area contributed by atoms with Crippen molar-refractivity contribution in [3.05, 3.63) is 130 Å². The summed E-state index contributed by atoms with van der Waals surface area (Å²) in [4.78, 5) is 42.0. The van der Waals surface area contributed by atoms with Gasteiger partial charge in [0.2, 0.25) is 5.56 Å². The standard InChI is InChI=1S/C39H41N5O6/c45-34-16-14-31(32-15-17-36(47)43-37(32)34)35(46)25-40-24-26-10-12-28(13-11-26)38(48)41-20-23-44-21-18-29(19-22-44)50-39(49)42-33-9-5-4-8-30(33)27-6-2-1-3-7-27/h1-17,29,35,40,45-46H,18-25H2,(H,41,48)(H,42,49)(H,43,47)/t35-/m1/s1. The fourth-order valence-corrected chi connectivity index (χ4v) is 6.22. The molecular weight excluding hydrogens is 634 g/mol. The number of aromatic hydroxyl groups is 1. The van der Waals surface area contributed by atoms with Gasteiger partial charge in [0.05, 0.1) is 17.3 Å². The number of ether oxygens (including phenoxy) is 1. The van der Waals surface area contributed by atoms with Crippen molar-refractivity contribution in [2.75, 3.05) is 38.0 Å². The third-order valence-corrected chi connectivity index (χ3v) is 8.92. The number of hydrogen-bond acceptors (Lipinski definition) is 8. The largest absolute Gasteiger partial charge is 0.506 e. The van der Waals surface area contributed by atoms with Crippen LogP contribution >= 0.6 is 0 Å². The highest BCUT2D eigenvalue weighted by atomic mass is 16.6. The second kappa shape index (κ2) is 16.3. The molecule has 0 aliphatic carbocycles. The van der Waals surface area contributed by atoms with Crippen LogP contribution in [0.1, 0.15) is 40.4 Å². The summed E-state index contributed by atoms with van der Waals surface area (Å²) in [7, 11) is 0. The minimum absolute atomic E-state index is 0.0545. The first-order chi connectivity index (χ1) is 24.3. The van der Waals surface area contributed by atoms with E-state index in [1.54, 1.807) is 24.3 Å². The van der Waals surface area contributed by atoms with Crippen molar-refractivity contribution >= 4 is 28.6 Å². The summed E-state index contributed by atoms with van der Waals surface area (Å²) in [5.41, 5.74) is 4.73. The van der Waals surface area contributed by atoms with E-state index in [1.165, 1.54) is 12.1 Å². The fraction of sp³-hybridized carbons (Fsp3) is 0.256. The Morgan fingerprint density at radius 1 is 0.900 bits per heavy atom. The summed E-state index contributed by atoms with van der Waals surface area (Å²) in [5.74, 6) is -0.205. The van der Waals surface area contributed by atoms with Crippen LogP contribution in [-0.2, 0) is 11.3 Å². The van der Waals surface area contributed by atoms with Crippen molar-refractivity contribution in [1.29, 1.82) is 0 Å². The maximum Gasteiger partial charge on any atom is 0.411 e. The van der Waals surface area contributed by atoms with Gasteiger partial charge in [-0.2, -0.15) is 0 Å². The summed E-state index contributed by atoms with van der Waals surface area (Å²) in [5, 5.41) is 30.6. The van der Waals surface area contributed by atoms with E-state index in [4.69, 9.17) is 4.74 Å². The first kappa shape index (κ1) is 34.4. The van der Waals surface area contributed by atoms with Gasteiger partial charge in [-0.3, -0.25) is 14.9 Å². The minimum Gasteiger partial charge on any atom is -0.506 e. The van der Waals surface area contributed by atoms with Gasteiger partial charge in [0.25, 0.3) is 5.91 Å². The summed E-state index contributed by atoms with van der Waals surface area (Å²) in [6.45, 7) is 3.48. The Hall–Kier alpha value is -5.49. The van der Waals surface area contributed by atoms with E-state index in [1.807, 2.05) is 66.7 Å². The molecule has 1 aliphatic rings. The molecule has 0 bridgehead atoms. The lowest BCUT2D eigenvalue weighted by molar-refractivity contribution is 0.0587. The fourth-order valence-electron chi connectivity index (χ4n) is 6.22. The molecule has 1 atom stereocenters. The number of aliphatic hydroxyl groups excluding tert-OH is 1. The number of H-pyrrole nitrogens is 1. The number of phenolic OH excluding ortho intramolecular Hbond substituents is 1. The molecule has 1 fully saturated rings. The van der Waals surface area contributed by atoms with Crippen LogP contribution in [-0.4, -0.2) is 70.9 Å². The zero-order valence-electron chi connectivity index (χ0n) is 27.6. The second-order valence-electron chi connectivity index (χ2n) is 12.4. The van der Waals surface area contributed by atoms with E-state index in [-0.39, 0.29) is 29.9 Å². The van der Waals surface area contributed by atoms with Crippen LogP contribution in [0, 0.1) is 0 Å². The van der Waals surface area contributed by atoms with Crippen molar-refractivity contribution in [3.63, 3.8) is 0 Å². The molecule has 1 aromatic heterocycles. The molecule has 11 nitrogen and oxygen atoms in total. The Balaban J connectivity index is 0.886. The topological polar surface area (TPSA) is 156 Å². The molecular formula is C39H41N5O6. The Morgan fingerprint density at radius 2 is 1.64 bits per heavy atom. The number of carbonyl (C=O) groups excluding carboxylic acids is 2. The number of pyridine rings is 1. The zero-order valence-corrected chi connectivity index (χ0v) is 27.6. The Morgan fingerprint density at radius 3 is 2.42 bits per heavy atom. The first-order valence-electron chi connectivity index (χ1n) is 16.8. The van der Waals surface area contributed by atoms with Crippen molar-refractivity contribution in [2.24, 2.45) is 0 Å². The molecule has 50 heavy (non-hydrogen) atoms. The van der Waals surface area contributed by atoms with Crippen molar-refractivity contribution in [1.82, 2.24) is 20.5 Å². The lowest BCUT2D eigenvalue weighted by Gasteiger charge is -2.31. The van der Waals surface area contributed by atoms with Gasteiger partial charge in [0, 0.05) is 61.8 Å². The predicted molar refractivity (Wildman–Crippen MR) is 193 cm³/mol. The average molecular weight is 676 g/mol. The molecule has 11 heteroatoms. The highest BCUT2D eigenvalue weighted by molar-refractivity contribution is 5.94. The van der Waals surface area contributed by atoms with E-state index in [2.05, 4.69) is 25.8 Å². The zero-order chi connectivity index (χ0) is 34.9. The first-order valence-corrected chi connectivity index (χ1v) is 16.8. The molecule has 0 radical (unpaired) electrons.